The van der Waals surface area contributed by atoms with Crippen LogP contribution < -0.4 is 10.5 Å². The second-order valence-corrected chi connectivity index (χ2v) is 6.16. The maximum Gasteiger partial charge on any atom is 0.227 e. The number of nitrogens with two attached hydrogens (primary N) is 1. The van der Waals surface area contributed by atoms with Crippen molar-refractivity contribution < 1.29 is 9.53 Å². The van der Waals surface area contributed by atoms with Crippen molar-refractivity contribution in [2.24, 2.45) is 11.7 Å². The van der Waals surface area contributed by atoms with Crippen LogP contribution in [0.2, 0.25) is 0 Å². The Balaban J connectivity index is 0.00000176. The van der Waals surface area contributed by atoms with Gasteiger partial charge in [0.05, 0.1) is 5.92 Å². The third-order valence-corrected chi connectivity index (χ3v) is 4.69. The molecular formula is C17H25ClN2O2. The average Bonchev–Trinajstić information content (AvgIpc) is 2.94. The van der Waals surface area contributed by atoms with Crippen LogP contribution in [0.5, 0.6) is 5.75 Å². The van der Waals surface area contributed by atoms with Crippen molar-refractivity contribution in [2.75, 3.05) is 13.1 Å². The van der Waals surface area contributed by atoms with Crippen molar-refractivity contribution in [3.8, 4) is 5.75 Å². The molecule has 0 aromatic heterocycles. The van der Waals surface area contributed by atoms with Gasteiger partial charge in [-0.1, -0.05) is 24.6 Å². The summed E-state index contributed by atoms with van der Waals surface area (Å²) < 4.78 is 5.97. The van der Waals surface area contributed by atoms with Crippen LogP contribution >= 0.6 is 12.4 Å². The van der Waals surface area contributed by atoms with Gasteiger partial charge in [-0.3, -0.25) is 4.79 Å². The number of hydrogen-bond donors (Lipinski definition) is 1. The van der Waals surface area contributed by atoms with Crippen LogP contribution in [-0.4, -0.2) is 36.0 Å². The Morgan fingerprint density at radius 3 is 2.36 bits per heavy atom. The number of benzene rings is 1. The molecule has 1 saturated heterocycles. The molecule has 1 saturated carbocycles. The molecule has 1 amide bonds. The van der Waals surface area contributed by atoms with E-state index in [4.69, 9.17) is 10.5 Å². The first-order valence-corrected chi connectivity index (χ1v) is 8.00. The number of ether oxygens (including phenoxy) is 1. The summed E-state index contributed by atoms with van der Waals surface area (Å²) >= 11 is 0. The lowest BCUT2D eigenvalue weighted by Gasteiger charge is -2.34. The fraction of sp³-hybridized carbons (Fsp3) is 0.588. The first-order chi connectivity index (χ1) is 10.2. The highest BCUT2D eigenvalue weighted by Gasteiger charge is 2.34. The molecule has 1 aromatic rings. The van der Waals surface area contributed by atoms with Crippen LogP contribution in [-0.2, 0) is 4.79 Å². The third kappa shape index (κ3) is 3.93. The summed E-state index contributed by atoms with van der Waals surface area (Å²) in [6, 6.07) is 9.98. The molecule has 5 heteroatoms. The molecule has 1 aliphatic carbocycles. The van der Waals surface area contributed by atoms with E-state index in [-0.39, 0.29) is 36.4 Å². The standard InChI is InChI=1S/C17H24N2O2.ClH/c18-16-8-4-7-15(16)17(20)19-11-9-14(10-12-19)21-13-5-2-1-3-6-13;/h1-3,5-6,14-16H,4,7-12,18H2;1H. The number of likely N-dealkylation sites (tertiary alicyclic amines) is 1. The van der Waals surface area contributed by atoms with E-state index < -0.39 is 0 Å². The largest absolute Gasteiger partial charge is 0.490 e. The van der Waals surface area contributed by atoms with Crippen molar-refractivity contribution in [1.82, 2.24) is 4.90 Å². The van der Waals surface area contributed by atoms with Gasteiger partial charge in [0.25, 0.3) is 0 Å². The lowest BCUT2D eigenvalue weighted by atomic mass is 10.00. The van der Waals surface area contributed by atoms with Crippen LogP contribution in [0.25, 0.3) is 0 Å². The van der Waals surface area contributed by atoms with Crippen molar-refractivity contribution in [3.05, 3.63) is 30.3 Å². The summed E-state index contributed by atoms with van der Waals surface area (Å²) in [5.74, 6) is 1.23. The van der Waals surface area contributed by atoms with Gasteiger partial charge in [0.1, 0.15) is 11.9 Å². The van der Waals surface area contributed by atoms with Crippen molar-refractivity contribution in [3.63, 3.8) is 0 Å². The summed E-state index contributed by atoms with van der Waals surface area (Å²) in [5, 5.41) is 0. The normalized spacial score (nSPS) is 25.6. The Kier molecular flexibility index (Phi) is 6.09. The number of carbonyl (C=O) groups is 1. The molecular weight excluding hydrogens is 300 g/mol. The van der Waals surface area contributed by atoms with Gasteiger partial charge in [-0.15, -0.1) is 12.4 Å². The molecule has 1 aliphatic heterocycles. The Morgan fingerprint density at radius 1 is 1.09 bits per heavy atom. The van der Waals surface area contributed by atoms with Crippen molar-refractivity contribution >= 4 is 18.3 Å². The van der Waals surface area contributed by atoms with Crippen LogP contribution in [0.3, 0.4) is 0 Å². The van der Waals surface area contributed by atoms with Gasteiger partial charge in [0.2, 0.25) is 5.91 Å². The molecule has 2 fully saturated rings. The molecule has 122 valence electrons. The minimum atomic E-state index is 0. The first kappa shape index (κ1) is 17.1. The van der Waals surface area contributed by atoms with E-state index in [9.17, 15) is 4.79 Å². The van der Waals surface area contributed by atoms with Gasteiger partial charge in [0, 0.05) is 32.0 Å². The smallest absolute Gasteiger partial charge is 0.227 e. The van der Waals surface area contributed by atoms with E-state index in [1.807, 2.05) is 35.2 Å². The zero-order valence-electron chi connectivity index (χ0n) is 12.8. The second kappa shape index (κ2) is 7.84. The number of carbonyl (C=O) groups excluding carboxylic acids is 1. The monoisotopic (exact) mass is 324 g/mol. The highest BCUT2D eigenvalue weighted by atomic mass is 35.5. The van der Waals surface area contributed by atoms with Crippen LogP contribution in [0.15, 0.2) is 30.3 Å². The molecule has 22 heavy (non-hydrogen) atoms. The second-order valence-electron chi connectivity index (χ2n) is 6.16. The topological polar surface area (TPSA) is 55.6 Å². The number of piperidine rings is 1. The lowest BCUT2D eigenvalue weighted by molar-refractivity contribution is -0.137. The van der Waals surface area contributed by atoms with E-state index in [1.165, 1.54) is 0 Å². The Labute approximate surface area is 138 Å². The zero-order valence-corrected chi connectivity index (χ0v) is 13.6. The van der Waals surface area contributed by atoms with E-state index in [2.05, 4.69) is 0 Å². The van der Waals surface area contributed by atoms with Gasteiger partial charge < -0.3 is 15.4 Å². The van der Waals surface area contributed by atoms with Gasteiger partial charge in [-0.05, 0) is 25.0 Å². The Bertz CT molecular complexity index is 475. The third-order valence-electron chi connectivity index (χ3n) is 4.69. The van der Waals surface area contributed by atoms with Crippen molar-refractivity contribution in [2.45, 2.75) is 44.2 Å². The fourth-order valence-electron chi connectivity index (χ4n) is 3.42. The molecule has 4 nitrogen and oxygen atoms in total. The molecule has 0 radical (unpaired) electrons. The summed E-state index contributed by atoms with van der Waals surface area (Å²) in [7, 11) is 0. The summed E-state index contributed by atoms with van der Waals surface area (Å²) in [5.41, 5.74) is 6.04. The average molecular weight is 325 g/mol. The van der Waals surface area contributed by atoms with E-state index in [0.29, 0.717) is 0 Å². The maximum absolute atomic E-state index is 12.5. The summed E-state index contributed by atoms with van der Waals surface area (Å²) in [6.45, 7) is 1.58. The predicted molar refractivity (Wildman–Crippen MR) is 89.2 cm³/mol. The maximum atomic E-state index is 12.5. The molecule has 2 aliphatic rings. The van der Waals surface area contributed by atoms with E-state index >= 15 is 0 Å². The summed E-state index contributed by atoms with van der Waals surface area (Å²) in [4.78, 5) is 14.5. The quantitative estimate of drug-likeness (QED) is 0.929. The number of nitrogens with zero attached hydrogens (tertiary/aromatic N) is 1. The van der Waals surface area contributed by atoms with Gasteiger partial charge in [-0.2, -0.15) is 0 Å². The number of halogens is 1. The molecule has 2 atom stereocenters. The SMILES string of the molecule is Cl.NC1CCCC1C(=O)N1CCC(Oc2ccccc2)CC1. The fourth-order valence-corrected chi connectivity index (χ4v) is 3.42. The molecule has 0 bridgehead atoms. The molecule has 3 rings (SSSR count). The van der Waals surface area contributed by atoms with Crippen molar-refractivity contribution in [1.29, 1.82) is 0 Å². The van der Waals surface area contributed by atoms with Crippen LogP contribution in [0.4, 0.5) is 0 Å². The van der Waals surface area contributed by atoms with Crippen LogP contribution in [0.1, 0.15) is 32.1 Å². The van der Waals surface area contributed by atoms with E-state index in [0.717, 1.165) is 50.9 Å². The minimum Gasteiger partial charge on any atom is -0.490 e. The molecule has 1 heterocycles. The minimum absolute atomic E-state index is 0. The number of hydrogen-bond acceptors (Lipinski definition) is 3. The number of para-hydroxylation sites is 1. The van der Waals surface area contributed by atoms with E-state index in [1.54, 1.807) is 0 Å². The predicted octanol–water partition coefficient (Wildman–Crippen LogP) is 2.61. The van der Waals surface area contributed by atoms with Gasteiger partial charge in [0.15, 0.2) is 0 Å². The molecule has 0 spiro atoms. The molecule has 1 aromatic carbocycles. The highest BCUT2D eigenvalue weighted by Crippen LogP contribution is 2.27. The zero-order chi connectivity index (χ0) is 14.7. The first-order valence-electron chi connectivity index (χ1n) is 8.00. The molecule has 2 unspecified atom stereocenters. The number of amides is 1. The summed E-state index contributed by atoms with van der Waals surface area (Å²) in [6.07, 6.45) is 5.06. The highest BCUT2D eigenvalue weighted by molar-refractivity contribution is 5.85. The Hall–Kier alpha value is -1.26. The van der Waals surface area contributed by atoms with Gasteiger partial charge in [-0.25, -0.2) is 0 Å². The lowest BCUT2D eigenvalue weighted by Crippen LogP contribution is -2.47. The molecule has 2 N–H and O–H groups in total. The van der Waals surface area contributed by atoms with Gasteiger partial charge >= 0.3 is 0 Å². The van der Waals surface area contributed by atoms with Crippen LogP contribution in [0, 0.1) is 5.92 Å². The number of rotatable bonds is 3. The Morgan fingerprint density at radius 2 is 1.77 bits per heavy atom.